The molecule has 4 nitrogen and oxygen atoms in total. The Morgan fingerprint density at radius 3 is 2.20 bits per heavy atom. The zero-order chi connectivity index (χ0) is 20.9. The minimum absolute atomic E-state index is 0.0436. The second-order valence-corrected chi connectivity index (χ2v) is 7.44. The van der Waals surface area contributed by atoms with Gasteiger partial charge in [-0.05, 0) is 47.4 Å². The summed E-state index contributed by atoms with van der Waals surface area (Å²) >= 11 is 0. The van der Waals surface area contributed by atoms with E-state index in [1.807, 2.05) is 54.6 Å². The summed E-state index contributed by atoms with van der Waals surface area (Å²) in [7, 11) is 0. The van der Waals surface area contributed by atoms with E-state index in [4.69, 9.17) is 0 Å². The van der Waals surface area contributed by atoms with Gasteiger partial charge in [-0.15, -0.1) is 0 Å². The molecule has 1 heterocycles. The van der Waals surface area contributed by atoms with Gasteiger partial charge in [0.05, 0.1) is 6.42 Å². The summed E-state index contributed by atoms with van der Waals surface area (Å²) in [6.07, 6.45) is 1.51. The summed E-state index contributed by atoms with van der Waals surface area (Å²) in [6.45, 7) is 0.820. The Bertz CT molecular complexity index is 1020. The molecule has 152 valence electrons. The molecule has 0 aliphatic carbocycles. The lowest BCUT2D eigenvalue weighted by Crippen LogP contribution is -2.43. The molecule has 3 aromatic rings. The van der Waals surface area contributed by atoms with Crippen molar-refractivity contribution in [1.29, 1.82) is 0 Å². The maximum Gasteiger partial charge on any atom is 0.232 e. The molecule has 0 bridgehead atoms. The van der Waals surface area contributed by atoms with Gasteiger partial charge in [-0.25, -0.2) is 4.39 Å². The molecule has 1 saturated heterocycles. The first kappa shape index (κ1) is 19.8. The van der Waals surface area contributed by atoms with E-state index in [9.17, 15) is 14.0 Å². The Balaban J connectivity index is 1.52. The molecule has 4 rings (SSSR count). The molecule has 0 spiro atoms. The maximum absolute atomic E-state index is 13.4. The highest BCUT2D eigenvalue weighted by Crippen LogP contribution is 2.22. The topological polar surface area (TPSA) is 40.6 Å². The Hall–Kier alpha value is -3.47. The quantitative estimate of drug-likeness (QED) is 0.602. The van der Waals surface area contributed by atoms with Gasteiger partial charge in [0.1, 0.15) is 12.5 Å². The van der Waals surface area contributed by atoms with Crippen LogP contribution in [0, 0.1) is 5.82 Å². The third kappa shape index (κ3) is 4.57. The monoisotopic (exact) mass is 402 g/mol. The molecule has 1 aliphatic rings. The first-order valence-electron chi connectivity index (χ1n) is 10.1. The fraction of sp³-hybridized carbons (Fsp3) is 0.200. The Kier molecular flexibility index (Phi) is 5.89. The molecule has 0 atom stereocenters. The fourth-order valence-corrected chi connectivity index (χ4v) is 3.67. The molecule has 3 aromatic carbocycles. The van der Waals surface area contributed by atoms with Crippen LogP contribution in [0.5, 0.6) is 0 Å². The lowest BCUT2D eigenvalue weighted by Gasteiger charge is -2.28. The average Bonchev–Trinajstić information content (AvgIpc) is 3.18. The number of likely N-dealkylation sites (tertiary alicyclic amines) is 1. The van der Waals surface area contributed by atoms with E-state index in [-0.39, 0.29) is 30.7 Å². The molecule has 0 N–H and O–H groups in total. The number of nitrogens with zero attached hydrogens (tertiary/aromatic N) is 2. The highest BCUT2D eigenvalue weighted by Gasteiger charge is 2.25. The summed E-state index contributed by atoms with van der Waals surface area (Å²) in [4.78, 5) is 28.5. The van der Waals surface area contributed by atoms with Crippen molar-refractivity contribution in [2.24, 2.45) is 0 Å². The average molecular weight is 402 g/mol. The zero-order valence-corrected chi connectivity index (χ0v) is 16.6. The summed E-state index contributed by atoms with van der Waals surface area (Å²) in [5.41, 5.74) is 3.68. The number of anilines is 1. The first-order chi connectivity index (χ1) is 14.6. The molecule has 0 radical (unpaired) electrons. The number of hydrogen-bond donors (Lipinski definition) is 0. The highest BCUT2D eigenvalue weighted by molar-refractivity contribution is 5.95. The largest absolute Gasteiger partial charge is 0.324 e. The smallest absolute Gasteiger partial charge is 0.232 e. The van der Waals surface area contributed by atoms with Crippen molar-refractivity contribution in [3.8, 4) is 11.1 Å². The molecule has 2 amide bonds. The number of amides is 2. The van der Waals surface area contributed by atoms with Crippen LogP contribution in [0.15, 0.2) is 78.9 Å². The van der Waals surface area contributed by atoms with Crippen molar-refractivity contribution < 1.29 is 14.0 Å². The normalized spacial score (nSPS) is 13.5. The van der Waals surface area contributed by atoms with Gasteiger partial charge in [-0.2, -0.15) is 0 Å². The third-order valence-electron chi connectivity index (χ3n) is 5.34. The lowest BCUT2D eigenvalue weighted by molar-refractivity contribution is -0.128. The minimum Gasteiger partial charge on any atom is -0.324 e. The van der Waals surface area contributed by atoms with Crippen LogP contribution in [-0.4, -0.2) is 29.9 Å². The second-order valence-electron chi connectivity index (χ2n) is 7.44. The van der Waals surface area contributed by atoms with Crippen LogP contribution < -0.4 is 4.90 Å². The summed E-state index contributed by atoms with van der Waals surface area (Å²) in [5, 5.41) is 0. The third-order valence-corrected chi connectivity index (χ3v) is 5.34. The molecule has 1 fully saturated rings. The molecule has 0 unspecified atom stereocenters. The Labute approximate surface area is 175 Å². The van der Waals surface area contributed by atoms with E-state index in [1.165, 1.54) is 12.1 Å². The van der Waals surface area contributed by atoms with Crippen LogP contribution in [0.2, 0.25) is 0 Å². The molecule has 5 heteroatoms. The number of hydrogen-bond acceptors (Lipinski definition) is 2. The molecule has 1 aliphatic heterocycles. The summed E-state index contributed by atoms with van der Waals surface area (Å²) in [5.74, 6) is -0.448. The number of benzene rings is 3. The predicted molar refractivity (Wildman–Crippen MR) is 115 cm³/mol. The number of rotatable bonds is 6. The van der Waals surface area contributed by atoms with E-state index in [2.05, 4.69) is 0 Å². The van der Waals surface area contributed by atoms with Crippen LogP contribution in [0.4, 0.5) is 10.1 Å². The maximum atomic E-state index is 13.4. The Morgan fingerprint density at radius 2 is 1.57 bits per heavy atom. The number of carbonyl (C=O) groups is 2. The van der Waals surface area contributed by atoms with Gasteiger partial charge in [-0.3, -0.25) is 14.5 Å². The van der Waals surface area contributed by atoms with Gasteiger partial charge in [-0.1, -0.05) is 54.6 Å². The van der Waals surface area contributed by atoms with Gasteiger partial charge >= 0.3 is 0 Å². The number of halogens is 1. The molecular formula is C25H23FN2O2. The van der Waals surface area contributed by atoms with Crippen LogP contribution in [-0.2, 0) is 16.0 Å². The molecule has 30 heavy (non-hydrogen) atoms. The van der Waals surface area contributed by atoms with Crippen LogP contribution in [0.3, 0.4) is 0 Å². The highest BCUT2D eigenvalue weighted by atomic mass is 19.1. The standard InChI is InChI=1S/C25H23FN2O2/c26-22-12-14-23(15-13-22)28(18-27-16-4-7-24(27)29)25(30)17-19-8-10-21(11-9-19)20-5-2-1-3-6-20/h1-3,5-6,8-15H,4,7,16-18H2. The van der Waals surface area contributed by atoms with Gasteiger partial charge in [0.25, 0.3) is 0 Å². The molecular weight excluding hydrogens is 379 g/mol. The van der Waals surface area contributed by atoms with E-state index < -0.39 is 0 Å². The van der Waals surface area contributed by atoms with Crippen molar-refractivity contribution >= 4 is 17.5 Å². The Morgan fingerprint density at radius 1 is 0.900 bits per heavy atom. The van der Waals surface area contributed by atoms with Crippen molar-refractivity contribution in [3.05, 3.63) is 90.2 Å². The lowest BCUT2D eigenvalue weighted by atomic mass is 10.0. The predicted octanol–water partition coefficient (Wildman–Crippen LogP) is 4.65. The van der Waals surface area contributed by atoms with Gasteiger partial charge in [0.2, 0.25) is 11.8 Å². The van der Waals surface area contributed by atoms with Gasteiger partial charge in [0.15, 0.2) is 0 Å². The molecule has 0 saturated carbocycles. The fourth-order valence-electron chi connectivity index (χ4n) is 3.67. The zero-order valence-electron chi connectivity index (χ0n) is 16.6. The van der Waals surface area contributed by atoms with Crippen molar-refractivity contribution in [3.63, 3.8) is 0 Å². The minimum atomic E-state index is -0.361. The number of carbonyl (C=O) groups excluding carboxylic acids is 2. The molecule has 0 aromatic heterocycles. The summed E-state index contributed by atoms with van der Waals surface area (Å²) < 4.78 is 13.4. The van der Waals surface area contributed by atoms with Crippen molar-refractivity contribution in [2.75, 3.05) is 18.1 Å². The van der Waals surface area contributed by atoms with Gasteiger partial charge in [0, 0.05) is 18.7 Å². The van der Waals surface area contributed by atoms with Crippen molar-refractivity contribution in [1.82, 2.24) is 4.90 Å². The second kappa shape index (κ2) is 8.91. The van der Waals surface area contributed by atoms with E-state index in [1.54, 1.807) is 21.9 Å². The van der Waals surface area contributed by atoms with E-state index in [0.717, 1.165) is 23.1 Å². The van der Waals surface area contributed by atoms with Crippen molar-refractivity contribution in [2.45, 2.75) is 19.3 Å². The summed E-state index contributed by atoms with van der Waals surface area (Å²) in [6, 6.07) is 23.8. The van der Waals surface area contributed by atoms with E-state index >= 15 is 0 Å². The van der Waals surface area contributed by atoms with Gasteiger partial charge < -0.3 is 4.90 Å². The van der Waals surface area contributed by atoms with Crippen LogP contribution in [0.25, 0.3) is 11.1 Å². The van der Waals surface area contributed by atoms with Crippen LogP contribution >= 0.6 is 0 Å². The first-order valence-corrected chi connectivity index (χ1v) is 10.1. The van der Waals surface area contributed by atoms with Crippen LogP contribution in [0.1, 0.15) is 18.4 Å². The SMILES string of the molecule is O=C1CCCN1CN(C(=O)Cc1ccc(-c2ccccc2)cc1)c1ccc(F)cc1. The van der Waals surface area contributed by atoms with E-state index in [0.29, 0.717) is 18.7 Å².